The number of ether oxygens (including phenoxy) is 1. The highest BCUT2D eigenvalue weighted by molar-refractivity contribution is 7.89. The second-order valence-corrected chi connectivity index (χ2v) is 9.50. The minimum atomic E-state index is -3.66. The maximum atomic E-state index is 13.2. The van der Waals surface area contributed by atoms with Gasteiger partial charge < -0.3 is 15.4 Å². The van der Waals surface area contributed by atoms with E-state index in [4.69, 9.17) is 10.5 Å². The smallest absolute Gasteiger partial charge is 0.257 e. The fourth-order valence-electron chi connectivity index (χ4n) is 3.44. The minimum absolute atomic E-state index is 0.0258. The molecule has 2 rings (SSSR count). The summed E-state index contributed by atoms with van der Waals surface area (Å²) in [5.74, 6) is 0.134. The molecule has 0 bridgehead atoms. The maximum Gasteiger partial charge on any atom is 0.257 e. The molecule has 1 aliphatic heterocycles. The second-order valence-electron chi connectivity index (χ2n) is 7.56. The van der Waals surface area contributed by atoms with Gasteiger partial charge in [0.15, 0.2) is 0 Å². The molecule has 1 amide bonds. The molecular weight excluding hydrogens is 366 g/mol. The molecule has 1 aromatic rings. The quantitative estimate of drug-likeness (QED) is 0.792. The average molecular weight is 398 g/mol. The molecule has 1 aliphatic rings. The van der Waals surface area contributed by atoms with E-state index in [9.17, 15) is 13.2 Å². The molecule has 27 heavy (non-hydrogen) atoms. The summed E-state index contributed by atoms with van der Waals surface area (Å²) in [4.78, 5) is 15.0. The molecule has 0 aliphatic carbocycles. The van der Waals surface area contributed by atoms with Gasteiger partial charge in [-0.15, -0.1) is 0 Å². The number of benzene rings is 1. The summed E-state index contributed by atoms with van der Waals surface area (Å²) in [5, 5.41) is 0. The van der Waals surface area contributed by atoms with E-state index < -0.39 is 10.0 Å². The Bertz CT molecular complexity index is 788. The van der Waals surface area contributed by atoms with E-state index in [2.05, 4.69) is 0 Å². The van der Waals surface area contributed by atoms with E-state index in [1.54, 1.807) is 24.8 Å². The van der Waals surface area contributed by atoms with Crippen molar-refractivity contribution in [3.05, 3.63) is 23.8 Å². The SMILES string of the molecule is CCN(CC)S(=O)(=O)c1ccc(OC)c(C(=O)N2CCC(N)C(C)(C)C2)c1. The van der Waals surface area contributed by atoms with Crippen LogP contribution in [0.15, 0.2) is 23.1 Å². The van der Waals surface area contributed by atoms with Crippen LogP contribution in [0.5, 0.6) is 5.75 Å². The molecule has 0 spiro atoms. The number of carbonyl (C=O) groups excluding carboxylic acids is 1. The van der Waals surface area contributed by atoms with Gasteiger partial charge in [0.25, 0.3) is 5.91 Å². The average Bonchev–Trinajstić information content (AvgIpc) is 2.63. The zero-order chi connectivity index (χ0) is 20.4. The summed E-state index contributed by atoms with van der Waals surface area (Å²) in [6.45, 7) is 9.44. The second kappa shape index (κ2) is 8.16. The van der Waals surface area contributed by atoms with Gasteiger partial charge in [0.2, 0.25) is 10.0 Å². The molecule has 1 heterocycles. The van der Waals surface area contributed by atoms with Gasteiger partial charge in [0, 0.05) is 32.2 Å². The highest BCUT2D eigenvalue weighted by Gasteiger charge is 2.36. The minimum Gasteiger partial charge on any atom is -0.496 e. The van der Waals surface area contributed by atoms with Gasteiger partial charge in [-0.25, -0.2) is 8.42 Å². The number of hydrogen-bond acceptors (Lipinski definition) is 5. The molecule has 152 valence electrons. The predicted octanol–water partition coefficient (Wildman–Crippen LogP) is 1.93. The molecule has 7 nitrogen and oxygen atoms in total. The summed E-state index contributed by atoms with van der Waals surface area (Å²) in [5.41, 5.74) is 6.23. The molecular formula is C19H31N3O4S. The number of likely N-dealkylation sites (tertiary alicyclic amines) is 1. The summed E-state index contributed by atoms with van der Waals surface area (Å²) in [6.07, 6.45) is 0.707. The van der Waals surface area contributed by atoms with Crippen molar-refractivity contribution in [1.82, 2.24) is 9.21 Å². The lowest BCUT2D eigenvalue weighted by molar-refractivity contribution is 0.0529. The zero-order valence-electron chi connectivity index (χ0n) is 16.9. The van der Waals surface area contributed by atoms with Crippen LogP contribution in [-0.2, 0) is 10.0 Å². The maximum absolute atomic E-state index is 13.2. The Balaban J connectivity index is 2.43. The number of piperidine rings is 1. The fraction of sp³-hybridized carbons (Fsp3) is 0.632. The number of rotatable bonds is 6. The van der Waals surface area contributed by atoms with E-state index in [0.717, 1.165) is 0 Å². The molecule has 1 aromatic carbocycles. The molecule has 1 atom stereocenters. The van der Waals surface area contributed by atoms with E-state index in [0.29, 0.717) is 38.3 Å². The number of sulfonamides is 1. The van der Waals surface area contributed by atoms with Crippen molar-refractivity contribution in [1.29, 1.82) is 0 Å². The summed E-state index contributed by atoms with van der Waals surface area (Å²) in [6, 6.07) is 4.48. The Morgan fingerprint density at radius 1 is 1.33 bits per heavy atom. The third kappa shape index (κ3) is 4.28. The standard InChI is InChI=1S/C19H31N3O4S/c1-6-22(7-2)27(24,25)14-8-9-16(26-5)15(12-14)18(23)21-11-10-17(20)19(3,4)13-21/h8-9,12,17H,6-7,10-11,13,20H2,1-5H3. The van der Waals surface area contributed by atoms with Crippen LogP contribution in [0, 0.1) is 5.41 Å². The van der Waals surface area contributed by atoms with Gasteiger partial charge in [-0.05, 0) is 30.0 Å². The molecule has 0 saturated carbocycles. The van der Waals surface area contributed by atoms with Gasteiger partial charge in [0.05, 0.1) is 17.6 Å². The lowest BCUT2D eigenvalue weighted by Crippen LogP contribution is -2.54. The summed E-state index contributed by atoms with van der Waals surface area (Å²) >= 11 is 0. The first-order chi connectivity index (χ1) is 12.6. The van der Waals surface area contributed by atoms with Crippen molar-refractivity contribution in [2.45, 2.75) is 45.1 Å². The molecule has 0 aromatic heterocycles. The monoisotopic (exact) mass is 397 g/mol. The Hall–Kier alpha value is -1.64. The van der Waals surface area contributed by atoms with Crippen molar-refractivity contribution >= 4 is 15.9 Å². The molecule has 1 fully saturated rings. The van der Waals surface area contributed by atoms with Gasteiger partial charge in [0.1, 0.15) is 5.75 Å². The van der Waals surface area contributed by atoms with E-state index in [1.165, 1.54) is 23.5 Å². The highest BCUT2D eigenvalue weighted by atomic mass is 32.2. The molecule has 1 saturated heterocycles. The van der Waals surface area contributed by atoms with Crippen LogP contribution in [0.25, 0.3) is 0 Å². The fourth-order valence-corrected chi connectivity index (χ4v) is 4.93. The summed E-state index contributed by atoms with van der Waals surface area (Å²) in [7, 11) is -2.18. The van der Waals surface area contributed by atoms with Crippen molar-refractivity contribution in [3.63, 3.8) is 0 Å². The Labute approximate surface area is 162 Å². The van der Waals surface area contributed by atoms with Crippen LogP contribution >= 0.6 is 0 Å². The molecule has 2 N–H and O–H groups in total. The van der Waals surface area contributed by atoms with E-state index in [1.807, 2.05) is 13.8 Å². The van der Waals surface area contributed by atoms with Gasteiger partial charge in [-0.1, -0.05) is 27.7 Å². The van der Waals surface area contributed by atoms with Crippen LogP contribution in [0.1, 0.15) is 44.5 Å². The number of carbonyl (C=O) groups is 1. The number of methoxy groups -OCH3 is 1. The Kier molecular flexibility index (Phi) is 6.55. The largest absolute Gasteiger partial charge is 0.496 e. The topological polar surface area (TPSA) is 92.9 Å². The van der Waals surface area contributed by atoms with E-state index >= 15 is 0 Å². The van der Waals surface area contributed by atoms with Crippen LogP contribution in [-0.4, -0.2) is 62.9 Å². The zero-order valence-corrected chi connectivity index (χ0v) is 17.7. The van der Waals surface area contributed by atoms with Gasteiger partial charge in [-0.3, -0.25) is 4.79 Å². The third-order valence-electron chi connectivity index (χ3n) is 5.34. The number of hydrogen-bond donors (Lipinski definition) is 1. The Morgan fingerprint density at radius 2 is 1.96 bits per heavy atom. The molecule has 0 radical (unpaired) electrons. The predicted molar refractivity (Wildman–Crippen MR) is 105 cm³/mol. The number of nitrogens with two attached hydrogens (primary N) is 1. The van der Waals surface area contributed by atoms with Crippen molar-refractivity contribution < 1.29 is 17.9 Å². The van der Waals surface area contributed by atoms with Crippen LogP contribution in [0.2, 0.25) is 0 Å². The molecule has 1 unspecified atom stereocenters. The van der Waals surface area contributed by atoms with Crippen molar-refractivity contribution in [2.75, 3.05) is 33.3 Å². The van der Waals surface area contributed by atoms with E-state index in [-0.39, 0.29) is 27.8 Å². The van der Waals surface area contributed by atoms with Crippen LogP contribution in [0.4, 0.5) is 0 Å². The number of amides is 1. The van der Waals surface area contributed by atoms with Crippen LogP contribution < -0.4 is 10.5 Å². The summed E-state index contributed by atoms with van der Waals surface area (Å²) < 4.78 is 32.4. The normalized spacial score (nSPS) is 20.0. The molecule has 8 heteroatoms. The first kappa shape index (κ1) is 21.7. The van der Waals surface area contributed by atoms with Gasteiger partial charge >= 0.3 is 0 Å². The third-order valence-corrected chi connectivity index (χ3v) is 7.39. The van der Waals surface area contributed by atoms with Crippen molar-refractivity contribution in [3.8, 4) is 5.75 Å². The Morgan fingerprint density at radius 3 is 2.48 bits per heavy atom. The van der Waals surface area contributed by atoms with Crippen molar-refractivity contribution in [2.24, 2.45) is 11.1 Å². The first-order valence-corrected chi connectivity index (χ1v) is 10.8. The van der Waals surface area contributed by atoms with Gasteiger partial charge in [-0.2, -0.15) is 4.31 Å². The lowest BCUT2D eigenvalue weighted by atomic mass is 9.79. The highest BCUT2D eigenvalue weighted by Crippen LogP contribution is 2.31. The number of nitrogens with zero attached hydrogens (tertiary/aromatic N) is 2. The first-order valence-electron chi connectivity index (χ1n) is 9.31. The van der Waals surface area contributed by atoms with Crippen LogP contribution in [0.3, 0.4) is 0 Å². The lowest BCUT2D eigenvalue weighted by Gasteiger charge is -2.42.